The summed E-state index contributed by atoms with van der Waals surface area (Å²) in [6, 6.07) is 1.69. The highest BCUT2D eigenvalue weighted by molar-refractivity contribution is 14.1. The molecule has 0 N–H and O–H groups in total. The molecule has 0 saturated heterocycles. The highest BCUT2D eigenvalue weighted by atomic mass is 127. The maximum Gasteiger partial charge on any atom is 0.417 e. The van der Waals surface area contributed by atoms with Crippen LogP contribution in [0.1, 0.15) is 26.3 Å². The van der Waals surface area contributed by atoms with Gasteiger partial charge in [-0.1, -0.05) is 0 Å². The Morgan fingerprint density at radius 2 is 2.00 bits per heavy atom. The van der Waals surface area contributed by atoms with Gasteiger partial charge >= 0.3 is 6.18 Å². The summed E-state index contributed by atoms with van der Waals surface area (Å²) in [6.07, 6.45) is -4.23. The first kappa shape index (κ1) is 14.4. The third kappa shape index (κ3) is 3.19. The van der Waals surface area contributed by atoms with E-state index in [4.69, 9.17) is 11.6 Å². The summed E-state index contributed by atoms with van der Waals surface area (Å²) in [4.78, 5) is 22.0. The Bertz CT molecular complexity index is 471. The largest absolute Gasteiger partial charge is 0.417 e. The zero-order chi connectivity index (χ0) is 13.2. The van der Waals surface area contributed by atoms with Crippen LogP contribution in [-0.4, -0.2) is 17.9 Å². The van der Waals surface area contributed by atoms with Gasteiger partial charge in [-0.15, -0.1) is 11.6 Å². The van der Waals surface area contributed by atoms with Crippen molar-refractivity contribution in [2.24, 2.45) is 0 Å². The van der Waals surface area contributed by atoms with E-state index in [0.717, 1.165) is 6.07 Å². The highest BCUT2D eigenvalue weighted by Gasteiger charge is 2.34. The molecular formula is C10H5ClF3IO2. The lowest BCUT2D eigenvalue weighted by atomic mass is 10.0. The molecular weight excluding hydrogens is 371 g/mol. The molecule has 0 unspecified atom stereocenters. The molecule has 0 radical (unpaired) electrons. The fourth-order valence-corrected chi connectivity index (χ4v) is 2.16. The van der Waals surface area contributed by atoms with Gasteiger partial charge in [-0.2, -0.15) is 13.2 Å². The minimum atomic E-state index is -4.57. The van der Waals surface area contributed by atoms with Gasteiger partial charge in [0.25, 0.3) is 0 Å². The summed E-state index contributed by atoms with van der Waals surface area (Å²) in [7, 11) is 0. The quantitative estimate of drug-likeness (QED) is 0.350. The second-order valence-corrected chi connectivity index (χ2v) is 4.52. The molecule has 0 fully saturated rings. The Hall–Kier alpha value is -0.630. The van der Waals surface area contributed by atoms with Crippen LogP contribution in [0.15, 0.2) is 12.1 Å². The van der Waals surface area contributed by atoms with E-state index in [0.29, 0.717) is 12.4 Å². The molecule has 0 saturated carbocycles. The molecule has 92 valence electrons. The van der Waals surface area contributed by atoms with Gasteiger partial charge in [0.15, 0.2) is 12.1 Å². The van der Waals surface area contributed by atoms with Crippen molar-refractivity contribution in [3.8, 4) is 0 Å². The zero-order valence-corrected chi connectivity index (χ0v) is 11.1. The van der Waals surface area contributed by atoms with Crippen molar-refractivity contribution in [3.63, 3.8) is 0 Å². The van der Waals surface area contributed by atoms with Crippen molar-refractivity contribution in [1.29, 1.82) is 0 Å². The Labute approximate surface area is 113 Å². The molecule has 0 spiro atoms. The molecule has 2 nitrogen and oxygen atoms in total. The van der Waals surface area contributed by atoms with Crippen LogP contribution >= 0.6 is 34.2 Å². The maximum absolute atomic E-state index is 12.6. The number of alkyl halides is 4. The minimum absolute atomic E-state index is 0.0898. The summed E-state index contributed by atoms with van der Waals surface area (Å²) in [6.45, 7) is 0. The van der Waals surface area contributed by atoms with Crippen LogP contribution in [0.25, 0.3) is 0 Å². The van der Waals surface area contributed by atoms with Gasteiger partial charge < -0.3 is 0 Å². The highest BCUT2D eigenvalue weighted by Crippen LogP contribution is 2.34. The van der Waals surface area contributed by atoms with Crippen LogP contribution in [0.2, 0.25) is 0 Å². The summed E-state index contributed by atoms with van der Waals surface area (Å²) < 4.78 is 37.6. The Morgan fingerprint density at radius 1 is 1.41 bits per heavy atom. The lowest BCUT2D eigenvalue weighted by molar-refractivity contribution is -0.138. The number of hydrogen-bond acceptors (Lipinski definition) is 2. The van der Waals surface area contributed by atoms with E-state index in [1.807, 2.05) is 0 Å². The molecule has 0 heterocycles. The first-order chi connectivity index (χ1) is 7.81. The van der Waals surface area contributed by atoms with Crippen molar-refractivity contribution >= 4 is 46.3 Å². The van der Waals surface area contributed by atoms with Crippen LogP contribution in [0, 0.1) is 3.57 Å². The van der Waals surface area contributed by atoms with Crippen LogP contribution < -0.4 is 0 Å². The van der Waals surface area contributed by atoms with E-state index in [2.05, 4.69) is 0 Å². The number of hydrogen-bond donors (Lipinski definition) is 0. The van der Waals surface area contributed by atoms with Gasteiger partial charge in [0.2, 0.25) is 0 Å². The average molecular weight is 376 g/mol. The molecule has 1 aromatic carbocycles. The third-order valence-electron chi connectivity index (χ3n) is 1.99. The lowest BCUT2D eigenvalue weighted by Gasteiger charge is -2.12. The molecule has 0 aliphatic carbocycles. The van der Waals surface area contributed by atoms with Crippen LogP contribution in [0.3, 0.4) is 0 Å². The monoisotopic (exact) mass is 376 g/mol. The molecule has 0 atom stereocenters. The van der Waals surface area contributed by atoms with E-state index < -0.39 is 23.4 Å². The number of rotatable bonds is 3. The summed E-state index contributed by atoms with van der Waals surface area (Å²) >= 11 is 6.74. The molecule has 1 rings (SSSR count). The molecule has 1 aromatic rings. The number of aldehydes is 1. The Balaban J connectivity index is 3.48. The van der Waals surface area contributed by atoms with Crippen molar-refractivity contribution in [3.05, 3.63) is 32.4 Å². The molecule has 0 aromatic heterocycles. The van der Waals surface area contributed by atoms with E-state index in [-0.39, 0.29) is 14.7 Å². The second kappa shape index (κ2) is 5.34. The molecule has 0 bridgehead atoms. The standard InChI is InChI=1S/C10H5ClF3IO2/c11-3-9(17)6-2-7(10(12,13)14)8(15)1-5(6)4-16/h1-2,4H,3H2. The number of carbonyl (C=O) groups is 2. The van der Waals surface area contributed by atoms with E-state index >= 15 is 0 Å². The van der Waals surface area contributed by atoms with Crippen molar-refractivity contribution in [1.82, 2.24) is 0 Å². The van der Waals surface area contributed by atoms with E-state index in [1.54, 1.807) is 0 Å². The molecule has 0 amide bonds. The van der Waals surface area contributed by atoms with Crippen LogP contribution in [0.5, 0.6) is 0 Å². The third-order valence-corrected chi connectivity index (χ3v) is 3.13. The molecule has 0 aliphatic heterocycles. The fraction of sp³-hybridized carbons (Fsp3) is 0.200. The van der Waals surface area contributed by atoms with Crippen LogP contribution in [0.4, 0.5) is 13.2 Å². The first-order valence-corrected chi connectivity index (χ1v) is 5.87. The number of carbonyl (C=O) groups excluding carboxylic acids is 2. The SMILES string of the molecule is O=Cc1cc(I)c(C(F)(F)F)cc1C(=O)CCl. The van der Waals surface area contributed by atoms with Gasteiger partial charge in [0.1, 0.15) is 0 Å². The predicted molar refractivity (Wildman–Crippen MR) is 64.6 cm³/mol. The molecule has 7 heteroatoms. The zero-order valence-electron chi connectivity index (χ0n) is 8.15. The molecule has 17 heavy (non-hydrogen) atoms. The average Bonchev–Trinajstić information content (AvgIpc) is 2.25. The van der Waals surface area contributed by atoms with Crippen molar-refractivity contribution < 1.29 is 22.8 Å². The minimum Gasteiger partial charge on any atom is -0.298 e. The Morgan fingerprint density at radius 3 is 2.41 bits per heavy atom. The Kier molecular flexibility index (Phi) is 4.54. The van der Waals surface area contributed by atoms with Gasteiger partial charge in [-0.05, 0) is 34.7 Å². The lowest BCUT2D eigenvalue weighted by Crippen LogP contribution is -2.13. The van der Waals surface area contributed by atoms with E-state index in [1.165, 1.54) is 22.6 Å². The smallest absolute Gasteiger partial charge is 0.298 e. The van der Waals surface area contributed by atoms with E-state index in [9.17, 15) is 22.8 Å². The van der Waals surface area contributed by atoms with Crippen molar-refractivity contribution in [2.45, 2.75) is 6.18 Å². The van der Waals surface area contributed by atoms with Gasteiger partial charge in [-0.3, -0.25) is 9.59 Å². The molecule has 0 aliphatic rings. The fourth-order valence-electron chi connectivity index (χ4n) is 1.22. The van der Waals surface area contributed by atoms with Crippen molar-refractivity contribution in [2.75, 3.05) is 5.88 Å². The number of benzene rings is 1. The predicted octanol–water partition coefficient (Wildman–Crippen LogP) is 3.54. The second-order valence-electron chi connectivity index (χ2n) is 3.09. The summed E-state index contributed by atoms with van der Waals surface area (Å²) in [5.74, 6) is -1.19. The first-order valence-electron chi connectivity index (χ1n) is 4.26. The summed E-state index contributed by atoms with van der Waals surface area (Å²) in [5.41, 5.74) is -1.34. The maximum atomic E-state index is 12.6. The summed E-state index contributed by atoms with van der Waals surface area (Å²) in [5, 5.41) is 0. The normalized spacial score (nSPS) is 11.4. The van der Waals surface area contributed by atoms with Gasteiger partial charge in [-0.25, -0.2) is 0 Å². The number of halogens is 5. The van der Waals surface area contributed by atoms with Crippen LogP contribution in [-0.2, 0) is 6.18 Å². The number of Topliss-reactive ketones (excluding diaryl/α,β-unsaturated/α-hetero) is 1. The topological polar surface area (TPSA) is 34.1 Å². The van der Waals surface area contributed by atoms with Gasteiger partial charge in [0.05, 0.1) is 11.4 Å². The van der Waals surface area contributed by atoms with Gasteiger partial charge in [0, 0.05) is 14.7 Å². The number of ketones is 1.